The maximum atomic E-state index is 6.27. The minimum Gasteiger partial charge on any atom is -0.456 e. The van der Waals surface area contributed by atoms with E-state index in [0.717, 1.165) is 22.8 Å². The molecule has 0 bridgehead atoms. The van der Waals surface area contributed by atoms with Crippen molar-refractivity contribution >= 4 is 48.4 Å². The second-order valence-electron chi connectivity index (χ2n) is 10.4. The van der Waals surface area contributed by atoms with Gasteiger partial charge in [0.1, 0.15) is 26.9 Å². The molecule has 0 unspecified atom stereocenters. The molecule has 5 aromatic rings. The van der Waals surface area contributed by atoms with E-state index < -0.39 is 0 Å². The average Bonchev–Trinajstić information content (AvgIpc) is 3.22. The zero-order valence-corrected chi connectivity index (χ0v) is 19.8. The number of hydrogen-bond acceptors (Lipinski definition) is 2. The van der Waals surface area contributed by atoms with Crippen LogP contribution in [0.4, 0.5) is 0 Å². The van der Waals surface area contributed by atoms with E-state index in [4.69, 9.17) is 9.40 Å². The summed E-state index contributed by atoms with van der Waals surface area (Å²) in [5, 5.41) is 5.01. The monoisotopic (exact) mass is 429 g/mol. The number of aryl methyl sites for hydroxylation is 1. The third-order valence-electron chi connectivity index (χ3n) is 8.11. The van der Waals surface area contributed by atoms with Crippen LogP contribution in [0.25, 0.3) is 44.0 Å². The van der Waals surface area contributed by atoms with Crippen LogP contribution in [0, 0.1) is 12.8 Å². The predicted octanol–water partition coefficient (Wildman–Crippen LogP) is 6.11. The maximum Gasteiger partial charge on any atom is 0.136 e. The molecular weight excluding hydrogens is 400 g/mol. The van der Waals surface area contributed by atoms with Gasteiger partial charge in [0.2, 0.25) is 0 Å². The lowest BCUT2D eigenvalue weighted by Gasteiger charge is -2.38. The molecule has 1 aliphatic carbocycles. The molecular formula is C29H29B2NO. The van der Waals surface area contributed by atoms with Crippen LogP contribution in [-0.4, -0.2) is 20.7 Å². The van der Waals surface area contributed by atoms with Crippen molar-refractivity contribution in [2.24, 2.45) is 5.92 Å². The Balaban J connectivity index is 1.51. The van der Waals surface area contributed by atoms with Gasteiger partial charge in [0.25, 0.3) is 0 Å². The first-order chi connectivity index (χ1) is 16.0. The zero-order valence-electron chi connectivity index (χ0n) is 19.8. The molecule has 6 rings (SSSR count). The van der Waals surface area contributed by atoms with E-state index in [-0.39, 0.29) is 5.21 Å². The Labute approximate surface area is 197 Å². The van der Waals surface area contributed by atoms with E-state index in [9.17, 15) is 0 Å². The van der Waals surface area contributed by atoms with Gasteiger partial charge in [0, 0.05) is 22.5 Å². The highest BCUT2D eigenvalue weighted by molar-refractivity contribution is 6.40. The van der Waals surface area contributed by atoms with Crippen LogP contribution >= 0.6 is 0 Å². The molecule has 0 spiro atoms. The Morgan fingerprint density at radius 2 is 1.70 bits per heavy atom. The van der Waals surface area contributed by atoms with E-state index in [1.807, 2.05) is 6.20 Å². The van der Waals surface area contributed by atoms with Crippen molar-refractivity contribution in [3.05, 3.63) is 78.0 Å². The van der Waals surface area contributed by atoms with Crippen LogP contribution in [0.2, 0.25) is 0 Å². The number of rotatable bonds is 3. The van der Waals surface area contributed by atoms with Crippen molar-refractivity contribution in [1.82, 2.24) is 4.98 Å². The van der Waals surface area contributed by atoms with Gasteiger partial charge < -0.3 is 4.42 Å². The third-order valence-corrected chi connectivity index (χ3v) is 8.11. The lowest BCUT2D eigenvalue weighted by atomic mass is 9.43. The van der Waals surface area contributed by atoms with Crippen LogP contribution in [-0.2, 0) is 5.21 Å². The lowest BCUT2D eigenvalue weighted by Crippen LogP contribution is -2.37. The molecule has 0 aliphatic heterocycles. The van der Waals surface area contributed by atoms with Crippen molar-refractivity contribution < 1.29 is 4.42 Å². The summed E-state index contributed by atoms with van der Waals surface area (Å²) >= 11 is 0. The second-order valence-corrected chi connectivity index (χ2v) is 10.4. The smallest absolute Gasteiger partial charge is 0.136 e. The van der Waals surface area contributed by atoms with E-state index in [2.05, 4.69) is 83.3 Å². The molecule has 2 nitrogen and oxygen atoms in total. The largest absolute Gasteiger partial charge is 0.456 e. The van der Waals surface area contributed by atoms with Gasteiger partial charge in [-0.15, -0.1) is 0 Å². The number of furan rings is 1. The number of hydrogen-bond donors (Lipinski definition) is 0. The van der Waals surface area contributed by atoms with E-state index >= 15 is 0 Å². The average molecular weight is 429 g/mol. The van der Waals surface area contributed by atoms with Crippen LogP contribution in [0.1, 0.15) is 43.2 Å². The fourth-order valence-corrected chi connectivity index (χ4v) is 6.01. The Bertz CT molecular complexity index is 1490. The van der Waals surface area contributed by atoms with Crippen LogP contribution in [0.15, 0.2) is 71.3 Å². The van der Waals surface area contributed by atoms with Crippen LogP contribution in [0.5, 0.6) is 0 Å². The third kappa shape index (κ3) is 3.39. The van der Waals surface area contributed by atoms with Gasteiger partial charge in [0.05, 0.1) is 5.69 Å². The molecule has 0 atom stereocenters. The molecule has 2 aromatic heterocycles. The Morgan fingerprint density at radius 3 is 2.55 bits per heavy atom. The Hall–Kier alpha value is -3.00. The fourth-order valence-electron chi connectivity index (χ4n) is 6.01. The summed E-state index contributed by atoms with van der Waals surface area (Å²) in [6.45, 7) is 2.17. The van der Waals surface area contributed by atoms with Crippen LogP contribution in [0.3, 0.4) is 0 Å². The van der Waals surface area contributed by atoms with E-state index in [1.54, 1.807) is 0 Å². The summed E-state index contributed by atoms with van der Waals surface area (Å²) in [7, 11) is 4.85. The molecule has 0 N–H and O–H groups in total. The zero-order chi connectivity index (χ0) is 22.6. The summed E-state index contributed by atoms with van der Waals surface area (Å²) < 4.78 is 6.27. The van der Waals surface area contributed by atoms with Crippen LogP contribution < -0.4 is 0 Å². The standard InChI is InChI=1S/C29H29B2NO/c1-18-15-27-24(28-22-10-6-5-7-19(22)11-12-26(28)33-27)17-23(18)25-16-21(13-14-32-25)29(30,31)20-8-3-2-4-9-20/h5-7,10-17,20H,2-4,8-9,30-31H2,1H3. The molecule has 4 heteroatoms. The predicted molar refractivity (Wildman–Crippen MR) is 145 cm³/mol. The minimum atomic E-state index is 0.161. The molecule has 3 aromatic carbocycles. The molecule has 33 heavy (non-hydrogen) atoms. The number of aromatic nitrogens is 1. The quantitative estimate of drug-likeness (QED) is 0.324. The number of pyridine rings is 1. The van der Waals surface area contributed by atoms with Crippen molar-refractivity contribution in [2.45, 2.75) is 44.2 Å². The van der Waals surface area contributed by atoms with E-state index in [1.165, 1.54) is 70.3 Å². The molecule has 0 radical (unpaired) electrons. The lowest BCUT2D eigenvalue weighted by molar-refractivity contribution is 0.327. The van der Waals surface area contributed by atoms with E-state index in [0.29, 0.717) is 0 Å². The first kappa shape index (κ1) is 20.6. The number of fused-ring (bicyclic) bond motifs is 5. The SMILES string of the molecule is BC(B)(c1ccnc(-c2cc3c(cc2C)oc2ccc4ccccc4c23)c1)C1CCCCC1. The van der Waals surface area contributed by atoms with Gasteiger partial charge in [-0.05, 0) is 59.5 Å². The Kier molecular flexibility index (Phi) is 4.87. The summed E-state index contributed by atoms with van der Waals surface area (Å²) in [6.07, 6.45) is 8.79. The molecule has 2 heterocycles. The fraction of sp³-hybridized carbons (Fsp3) is 0.276. The summed E-state index contributed by atoms with van der Waals surface area (Å²) in [5.74, 6) is 0.745. The molecule has 162 valence electrons. The molecule has 1 saturated carbocycles. The van der Waals surface area contributed by atoms with Crippen molar-refractivity contribution in [2.75, 3.05) is 0 Å². The maximum absolute atomic E-state index is 6.27. The minimum absolute atomic E-state index is 0.161. The van der Waals surface area contributed by atoms with Gasteiger partial charge >= 0.3 is 0 Å². The van der Waals surface area contributed by atoms with Gasteiger partial charge in [-0.1, -0.05) is 73.2 Å². The number of nitrogens with zero attached hydrogens (tertiary/aromatic N) is 1. The summed E-state index contributed by atoms with van der Waals surface area (Å²) in [6, 6.07) is 21.8. The summed E-state index contributed by atoms with van der Waals surface area (Å²) in [5.41, 5.74) is 6.75. The molecule has 1 aliphatic rings. The van der Waals surface area contributed by atoms with Crippen molar-refractivity contribution in [3.63, 3.8) is 0 Å². The highest BCUT2D eigenvalue weighted by Crippen LogP contribution is 2.40. The van der Waals surface area contributed by atoms with Gasteiger partial charge in [-0.25, -0.2) is 0 Å². The highest BCUT2D eigenvalue weighted by atomic mass is 16.3. The van der Waals surface area contributed by atoms with Gasteiger partial charge in [-0.3, -0.25) is 4.98 Å². The number of benzene rings is 3. The van der Waals surface area contributed by atoms with Crippen molar-refractivity contribution in [3.8, 4) is 11.3 Å². The first-order valence-corrected chi connectivity index (χ1v) is 12.3. The normalized spacial score (nSPS) is 15.5. The first-order valence-electron chi connectivity index (χ1n) is 12.3. The Morgan fingerprint density at radius 1 is 0.879 bits per heavy atom. The molecule has 0 saturated heterocycles. The summed E-state index contributed by atoms with van der Waals surface area (Å²) in [4.78, 5) is 4.83. The topological polar surface area (TPSA) is 26.0 Å². The second kappa shape index (κ2) is 7.80. The molecule has 1 fully saturated rings. The molecule has 0 amide bonds. The highest BCUT2D eigenvalue weighted by Gasteiger charge is 2.32. The van der Waals surface area contributed by atoms with Crippen molar-refractivity contribution in [1.29, 1.82) is 0 Å². The van der Waals surface area contributed by atoms with Gasteiger partial charge in [0.15, 0.2) is 0 Å². The van der Waals surface area contributed by atoms with Gasteiger partial charge in [-0.2, -0.15) is 0 Å².